The third-order valence-corrected chi connectivity index (χ3v) is 4.94. The van der Waals surface area contributed by atoms with Crippen LogP contribution in [0.3, 0.4) is 0 Å². The molecule has 8 nitrogen and oxygen atoms in total. The zero-order chi connectivity index (χ0) is 20.9. The number of rotatable bonds is 9. The van der Waals surface area contributed by atoms with Gasteiger partial charge in [-0.2, -0.15) is 0 Å². The number of amides is 1. The van der Waals surface area contributed by atoms with Crippen LogP contribution in [-0.4, -0.2) is 51.1 Å². The molecule has 0 fully saturated rings. The number of oxime groups is 1. The Labute approximate surface area is 172 Å². The van der Waals surface area contributed by atoms with E-state index in [1.54, 1.807) is 23.4 Å². The lowest BCUT2D eigenvalue weighted by Crippen LogP contribution is -2.31. The highest BCUT2D eigenvalue weighted by Crippen LogP contribution is 2.30. The SMILES string of the molecule is O=C1C(=NOCCF)c2ccncc2N1Cc1nc2ccccc2n1CCCCO. The average molecular weight is 411 g/mol. The summed E-state index contributed by atoms with van der Waals surface area (Å²) in [5, 5.41) is 13.0. The third kappa shape index (κ3) is 3.76. The van der Waals surface area contributed by atoms with Gasteiger partial charge in [-0.1, -0.05) is 17.3 Å². The molecule has 0 bridgehead atoms. The van der Waals surface area contributed by atoms with Gasteiger partial charge >= 0.3 is 0 Å². The van der Waals surface area contributed by atoms with Gasteiger partial charge in [0, 0.05) is 24.9 Å². The highest BCUT2D eigenvalue weighted by Gasteiger charge is 2.36. The summed E-state index contributed by atoms with van der Waals surface area (Å²) < 4.78 is 14.4. The molecule has 1 N–H and O–H groups in total. The van der Waals surface area contributed by atoms with Gasteiger partial charge in [0.1, 0.15) is 19.1 Å². The average Bonchev–Trinajstić information content (AvgIpc) is 3.25. The summed E-state index contributed by atoms with van der Waals surface area (Å²) in [5.41, 5.74) is 3.15. The van der Waals surface area contributed by atoms with Crippen LogP contribution in [0.15, 0.2) is 47.9 Å². The minimum Gasteiger partial charge on any atom is -0.396 e. The number of aliphatic hydroxyl groups excluding tert-OH is 1. The minimum absolute atomic E-state index is 0.129. The van der Waals surface area contributed by atoms with E-state index in [2.05, 4.69) is 14.7 Å². The van der Waals surface area contributed by atoms with Gasteiger partial charge in [0.25, 0.3) is 5.91 Å². The number of aryl methyl sites for hydroxylation is 1. The van der Waals surface area contributed by atoms with Crippen LogP contribution in [0.5, 0.6) is 0 Å². The van der Waals surface area contributed by atoms with Crippen molar-refractivity contribution in [3.8, 4) is 0 Å². The number of fused-ring (bicyclic) bond motifs is 2. The lowest BCUT2D eigenvalue weighted by molar-refractivity contribution is -0.112. The van der Waals surface area contributed by atoms with Crippen molar-refractivity contribution in [1.82, 2.24) is 14.5 Å². The van der Waals surface area contributed by atoms with E-state index in [0.717, 1.165) is 23.3 Å². The molecule has 3 heterocycles. The Balaban J connectivity index is 1.68. The Morgan fingerprint density at radius 3 is 2.90 bits per heavy atom. The fourth-order valence-corrected chi connectivity index (χ4v) is 3.56. The van der Waals surface area contributed by atoms with Crippen molar-refractivity contribution < 1.29 is 19.1 Å². The van der Waals surface area contributed by atoms with Gasteiger partial charge in [0.2, 0.25) is 0 Å². The van der Waals surface area contributed by atoms with Gasteiger partial charge < -0.3 is 14.5 Å². The Bertz CT molecular complexity index is 1080. The molecule has 156 valence electrons. The number of anilines is 1. The number of pyridine rings is 1. The highest BCUT2D eigenvalue weighted by molar-refractivity contribution is 6.54. The minimum atomic E-state index is -0.685. The number of benzene rings is 1. The second-order valence-corrected chi connectivity index (χ2v) is 6.85. The molecule has 4 rings (SSSR count). The van der Waals surface area contributed by atoms with Crippen LogP contribution >= 0.6 is 0 Å². The second-order valence-electron chi connectivity index (χ2n) is 6.85. The van der Waals surface area contributed by atoms with Crippen molar-refractivity contribution >= 4 is 28.3 Å². The van der Waals surface area contributed by atoms with E-state index in [1.807, 2.05) is 24.3 Å². The van der Waals surface area contributed by atoms with Gasteiger partial charge in [0.05, 0.1) is 29.5 Å². The van der Waals surface area contributed by atoms with Crippen molar-refractivity contribution in [2.75, 3.05) is 24.8 Å². The van der Waals surface area contributed by atoms with E-state index in [1.165, 1.54) is 0 Å². The molecule has 0 unspecified atom stereocenters. The highest BCUT2D eigenvalue weighted by atomic mass is 19.1. The molecule has 0 saturated heterocycles. The Morgan fingerprint density at radius 1 is 1.20 bits per heavy atom. The molecule has 9 heteroatoms. The lowest BCUT2D eigenvalue weighted by Gasteiger charge is -2.17. The summed E-state index contributed by atoms with van der Waals surface area (Å²) in [7, 11) is 0. The van der Waals surface area contributed by atoms with Crippen LogP contribution in [0.25, 0.3) is 11.0 Å². The number of carbonyl (C=O) groups excluding carboxylic acids is 1. The van der Waals surface area contributed by atoms with Gasteiger partial charge in [-0.3, -0.25) is 14.7 Å². The molecule has 3 aromatic rings. The maximum atomic E-state index is 13.1. The van der Waals surface area contributed by atoms with E-state index >= 15 is 0 Å². The zero-order valence-corrected chi connectivity index (χ0v) is 16.4. The number of nitrogens with zero attached hydrogens (tertiary/aromatic N) is 5. The summed E-state index contributed by atoms with van der Waals surface area (Å²) in [6, 6.07) is 9.48. The molecule has 0 radical (unpaired) electrons. The molecule has 0 saturated carbocycles. The molecule has 1 amide bonds. The first-order valence-corrected chi connectivity index (χ1v) is 9.81. The van der Waals surface area contributed by atoms with E-state index < -0.39 is 6.67 Å². The first-order valence-electron chi connectivity index (χ1n) is 9.81. The normalized spacial score (nSPS) is 14.7. The summed E-state index contributed by atoms with van der Waals surface area (Å²) in [4.78, 5) is 28.4. The predicted molar refractivity (Wildman–Crippen MR) is 110 cm³/mol. The largest absolute Gasteiger partial charge is 0.396 e. The molecule has 0 atom stereocenters. The molecule has 1 aromatic carbocycles. The number of alkyl halides is 1. The van der Waals surface area contributed by atoms with E-state index in [0.29, 0.717) is 24.2 Å². The summed E-state index contributed by atoms with van der Waals surface area (Å²) in [5.74, 6) is 0.383. The van der Waals surface area contributed by atoms with Gasteiger partial charge in [-0.05, 0) is 31.0 Å². The molecular weight excluding hydrogens is 389 g/mol. The Kier molecular flexibility index (Phi) is 5.99. The number of hydrogen-bond donors (Lipinski definition) is 1. The lowest BCUT2D eigenvalue weighted by atomic mass is 10.2. The number of carbonyl (C=O) groups is 1. The fourth-order valence-electron chi connectivity index (χ4n) is 3.56. The van der Waals surface area contributed by atoms with Crippen molar-refractivity contribution in [3.05, 3.63) is 54.1 Å². The maximum absolute atomic E-state index is 13.1. The van der Waals surface area contributed by atoms with Crippen LogP contribution in [0, 0.1) is 0 Å². The van der Waals surface area contributed by atoms with Crippen LogP contribution in [-0.2, 0) is 22.7 Å². The molecule has 0 spiro atoms. The fraction of sp³-hybridized carbons (Fsp3) is 0.333. The third-order valence-electron chi connectivity index (χ3n) is 4.94. The Hall–Kier alpha value is -3.33. The summed E-state index contributed by atoms with van der Waals surface area (Å²) >= 11 is 0. The first-order chi connectivity index (χ1) is 14.7. The smallest absolute Gasteiger partial charge is 0.281 e. The van der Waals surface area contributed by atoms with Crippen LogP contribution in [0.4, 0.5) is 10.1 Å². The quantitative estimate of drug-likeness (QED) is 0.431. The number of unbranched alkanes of at least 4 members (excludes halogenated alkanes) is 1. The van der Waals surface area contributed by atoms with E-state index in [-0.39, 0.29) is 31.4 Å². The van der Waals surface area contributed by atoms with Crippen LogP contribution in [0.2, 0.25) is 0 Å². The molecule has 2 aromatic heterocycles. The Morgan fingerprint density at radius 2 is 2.07 bits per heavy atom. The van der Waals surface area contributed by atoms with Crippen LogP contribution < -0.4 is 4.90 Å². The van der Waals surface area contributed by atoms with Crippen molar-refractivity contribution in [2.45, 2.75) is 25.9 Å². The molecule has 1 aliphatic rings. The predicted octanol–water partition coefficient (Wildman–Crippen LogP) is 2.44. The van der Waals surface area contributed by atoms with Crippen molar-refractivity contribution in [3.63, 3.8) is 0 Å². The monoisotopic (exact) mass is 411 g/mol. The number of halogens is 1. The van der Waals surface area contributed by atoms with E-state index in [9.17, 15) is 9.18 Å². The number of aliphatic hydroxyl groups is 1. The number of aromatic nitrogens is 3. The van der Waals surface area contributed by atoms with Gasteiger partial charge in [-0.15, -0.1) is 0 Å². The van der Waals surface area contributed by atoms with E-state index in [4.69, 9.17) is 14.9 Å². The van der Waals surface area contributed by atoms with Crippen molar-refractivity contribution in [1.29, 1.82) is 0 Å². The summed E-state index contributed by atoms with van der Waals surface area (Å²) in [6.07, 6.45) is 4.65. The van der Waals surface area contributed by atoms with Crippen LogP contribution in [0.1, 0.15) is 24.2 Å². The molecule has 1 aliphatic heterocycles. The topological polar surface area (TPSA) is 92.8 Å². The number of hydrogen-bond acceptors (Lipinski definition) is 6. The number of imidazole rings is 1. The molecule has 0 aliphatic carbocycles. The molecular formula is C21H22FN5O3. The maximum Gasteiger partial charge on any atom is 0.281 e. The number of para-hydroxylation sites is 2. The summed E-state index contributed by atoms with van der Waals surface area (Å²) in [6.45, 7) is 0.143. The van der Waals surface area contributed by atoms with Crippen molar-refractivity contribution in [2.24, 2.45) is 5.16 Å². The first kappa shape index (κ1) is 20.0. The zero-order valence-electron chi connectivity index (χ0n) is 16.4. The van der Waals surface area contributed by atoms with Gasteiger partial charge in [0.15, 0.2) is 5.71 Å². The molecule has 30 heavy (non-hydrogen) atoms. The van der Waals surface area contributed by atoms with Gasteiger partial charge in [-0.25, -0.2) is 9.37 Å². The second kappa shape index (κ2) is 9.00. The standard InChI is InChI=1S/C21H22FN5O3/c22-8-12-30-25-20-15-7-9-23-13-18(15)27(21(20)29)14-19-24-16-5-1-2-6-17(16)26(19)10-3-4-11-28/h1-2,5-7,9,13,28H,3-4,8,10-12,14H2.